The average molecular weight is 289 g/mol. The SMILES string of the molecule is NC(=O)N1CC(NCC(F)F)CC(c2cccs2)C1. The van der Waals surface area contributed by atoms with Crippen LogP contribution in [-0.2, 0) is 0 Å². The molecule has 0 bridgehead atoms. The van der Waals surface area contributed by atoms with Crippen molar-refractivity contribution in [2.75, 3.05) is 19.6 Å². The lowest BCUT2D eigenvalue weighted by atomic mass is 9.93. The summed E-state index contributed by atoms with van der Waals surface area (Å²) >= 11 is 1.61. The van der Waals surface area contributed by atoms with E-state index in [1.807, 2.05) is 17.5 Å². The number of alkyl halides is 2. The standard InChI is InChI=1S/C12H17F2N3OS/c13-11(14)5-16-9-4-8(10-2-1-3-19-10)6-17(7-9)12(15)18/h1-3,8-9,11,16H,4-7H2,(H2,15,18). The number of piperidine rings is 1. The summed E-state index contributed by atoms with van der Waals surface area (Å²) in [5.74, 6) is 0.163. The number of hydrogen-bond donors (Lipinski definition) is 2. The molecule has 0 spiro atoms. The predicted molar refractivity (Wildman–Crippen MR) is 70.6 cm³/mol. The van der Waals surface area contributed by atoms with Gasteiger partial charge >= 0.3 is 6.03 Å². The molecule has 1 aromatic rings. The third kappa shape index (κ3) is 3.87. The topological polar surface area (TPSA) is 58.4 Å². The van der Waals surface area contributed by atoms with Gasteiger partial charge in [0.2, 0.25) is 0 Å². The molecule has 106 valence electrons. The molecule has 1 aliphatic rings. The molecule has 1 saturated heterocycles. The molecule has 2 amide bonds. The van der Waals surface area contributed by atoms with Crippen LogP contribution in [0.25, 0.3) is 0 Å². The van der Waals surface area contributed by atoms with Crippen molar-refractivity contribution in [3.63, 3.8) is 0 Å². The van der Waals surface area contributed by atoms with Gasteiger partial charge in [0.15, 0.2) is 0 Å². The number of nitrogens with two attached hydrogens (primary N) is 1. The largest absolute Gasteiger partial charge is 0.351 e. The van der Waals surface area contributed by atoms with Gasteiger partial charge in [0.25, 0.3) is 6.43 Å². The molecule has 7 heteroatoms. The van der Waals surface area contributed by atoms with Crippen molar-refractivity contribution in [2.24, 2.45) is 5.73 Å². The smallest absolute Gasteiger partial charge is 0.314 e. The Kier molecular flexibility index (Phi) is 4.71. The van der Waals surface area contributed by atoms with Crippen LogP contribution in [-0.4, -0.2) is 43.0 Å². The maximum atomic E-state index is 12.3. The molecule has 2 atom stereocenters. The lowest BCUT2D eigenvalue weighted by Gasteiger charge is -2.37. The number of halogens is 2. The van der Waals surface area contributed by atoms with Crippen LogP contribution < -0.4 is 11.1 Å². The van der Waals surface area contributed by atoms with Gasteiger partial charge in [-0.05, 0) is 17.9 Å². The highest BCUT2D eigenvalue weighted by atomic mass is 32.1. The van der Waals surface area contributed by atoms with Gasteiger partial charge in [-0.25, -0.2) is 13.6 Å². The van der Waals surface area contributed by atoms with E-state index in [4.69, 9.17) is 5.73 Å². The van der Waals surface area contributed by atoms with Gasteiger partial charge in [0.1, 0.15) is 0 Å². The molecule has 4 nitrogen and oxygen atoms in total. The van der Waals surface area contributed by atoms with E-state index in [-0.39, 0.29) is 18.5 Å². The first kappa shape index (κ1) is 14.2. The zero-order valence-electron chi connectivity index (χ0n) is 10.4. The van der Waals surface area contributed by atoms with E-state index in [9.17, 15) is 13.6 Å². The molecular weight excluding hydrogens is 272 g/mol. The summed E-state index contributed by atoms with van der Waals surface area (Å²) in [7, 11) is 0. The van der Waals surface area contributed by atoms with Crippen LogP contribution in [0.3, 0.4) is 0 Å². The molecule has 1 aliphatic heterocycles. The fourth-order valence-electron chi connectivity index (χ4n) is 2.41. The van der Waals surface area contributed by atoms with E-state index in [0.29, 0.717) is 13.1 Å². The van der Waals surface area contributed by atoms with E-state index < -0.39 is 12.5 Å². The number of carbonyl (C=O) groups excluding carboxylic acids is 1. The Bertz CT molecular complexity index is 413. The Morgan fingerprint density at radius 1 is 1.58 bits per heavy atom. The van der Waals surface area contributed by atoms with Crippen LogP contribution in [0.5, 0.6) is 0 Å². The van der Waals surface area contributed by atoms with Gasteiger partial charge in [0, 0.05) is 29.9 Å². The van der Waals surface area contributed by atoms with E-state index in [0.717, 1.165) is 11.3 Å². The lowest BCUT2D eigenvalue weighted by molar-refractivity contribution is 0.127. The number of nitrogens with zero attached hydrogens (tertiary/aromatic N) is 1. The fourth-order valence-corrected chi connectivity index (χ4v) is 3.25. The molecule has 1 aromatic heterocycles. The molecule has 0 saturated carbocycles. The summed E-state index contributed by atoms with van der Waals surface area (Å²) in [5.41, 5.74) is 5.32. The molecule has 19 heavy (non-hydrogen) atoms. The fraction of sp³-hybridized carbons (Fsp3) is 0.583. The Hall–Kier alpha value is -1.21. The highest BCUT2D eigenvalue weighted by Crippen LogP contribution is 2.30. The normalized spacial score (nSPS) is 23.8. The Morgan fingerprint density at radius 2 is 2.37 bits per heavy atom. The average Bonchev–Trinajstić information content (AvgIpc) is 2.89. The lowest BCUT2D eigenvalue weighted by Crippen LogP contribution is -2.52. The van der Waals surface area contributed by atoms with Crippen LogP contribution >= 0.6 is 11.3 Å². The summed E-state index contributed by atoms with van der Waals surface area (Å²) in [5, 5.41) is 4.78. The molecule has 2 unspecified atom stereocenters. The first-order valence-electron chi connectivity index (χ1n) is 6.15. The minimum absolute atomic E-state index is 0.137. The molecule has 1 fully saturated rings. The Balaban J connectivity index is 2.02. The second kappa shape index (κ2) is 6.29. The highest BCUT2D eigenvalue weighted by Gasteiger charge is 2.30. The number of nitrogens with one attached hydrogen (secondary N) is 1. The van der Waals surface area contributed by atoms with Crippen LogP contribution in [0.2, 0.25) is 0 Å². The second-order valence-electron chi connectivity index (χ2n) is 4.69. The zero-order chi connectivity index (χ0) is 13.8. The number of primary amides is 1. The third-order valence-corrected chi connectivity index (χ3v) is 4.30. The van der Waals surface area contributed by atoms with Gasteiger partial charge < -0.3 is 16.0 Å². The summed E-state index contributed by atoms with van der Waals surface area (Å²) in [6.45, 7) is 0.598. The number of likely N-dealkylation sites (tertiary alicyclic amines) is 1. The monoisotopic (exact) mass is 289 g/mol. The molecule has 2 heterocycles. The maximum absolute atomic E-state index is 12.3. The van der Waals surface area contributed by atoms with Gasteiger partial charge in [-0.1, -0.05) is 6.07 Å². The summed E-state index contributed by atoms with van der Waals surface area (Å²) in [4.78, 5) is 14.0. The molecule has 2 rings (SSSR count). The van der Waals surface area contributed by atoms with Gasteiger partial charge in [-0.15, -0.1) is 11.3 Å². The van der Waals surface area contributed by atoms with E-state index in [1.165, 1.54) is 4.90 Å². The van der Waals surface area contributed by atoms with Crippen molar-refractivity contribution < 1.29 is 13.6 Å². The van der Waals surface area contributed by atoms with E-state index in [1.54, 1.807) is 11.3 Å². The molecule has 3 N–H and O–H groups in total. The number of carbonyl (C=O) groups is 1. The highest BCUT2D eigenvalue weighted by molar-refractivity contribution is 7.10. The van der Waals surface area contributed by atoms with Crippen molar-refractivity contribution in [1.82, 2.24) is 10.2 Å². The third-order valence-electron chi connectivity index (χ3n) is 3.27. The second-order valence-corrected chi connectivity index (χ2v) is 5.67. The first-order chi connectivity index (χ1) is 9.06. The van der Waals surface area contributed by atoms with Gasteiger partial charge in [0.05, 0.1) is 6.54 Å². The number of rotatable bonds is 4. The minimum atomic E-state index is -2.39. The van der Waals surface area contributed by atoms with Crippen molar-refractivity contribution in [3.05, 3.63) is 22.4 Å². The molecular formula is C12H17F2N3OS. The van der Waals surface area contributed by atoms with Crippen LogP contribution in [0.1, 0.15) is 17.2 Å². The first-order valence-corrected chi connectivity index (χ1v) is 7.03. The van der Waals surface area contributed by atoms with Crippen LogP contribution in [0.15, 0.2) is 17.5 Å². The van der Waals surface area contributed by atoms with E-state index >= 15 is 0 Å². The molecule has 0 aromatic carbocycles. The Labute approximate surface area is 114 Å². The predicted octanol–water partition coefficient (Wildman–Crippen LogP) is 1.84. The van der Waals surface area contributed by atoms with Crippen LogP contribution in [0, 0.1) is 0 Å². The summed E-state index contributed by atoms with van der Waals surface area (Å²) in [6, 6.07) is 3.32. The number of thiophene rings is 1. The van der Waals surface area contributed by atoms with E-state index in [2.05, 4.69) is 5.32 Å². The molecule has 0 aliphatic carbocycles. The summed E-state index contributed by atoms with van der Waals surface area (Å²) < 4.78 is 24.5. The number of amides is 2. The quantitative estimate of drug-likeness (QED) is 0.888. The van der Waals surface area contributed by atoms with Crippen molar-refractivity contribution in [2.45, 2.75) is 24.8 Å². The zero-order valence-corrected chi connectivity index (χ0v) is 11.2. The minimum Gasteiger partial charge on any atom is -0.351 e. The summed E-state index contributed by atoms with van der Waals surface area (Å²) in [6.07, 6.45) is -1.64. The van der Waals surface area contributed by atoms with Crippen molar-refractivity contribution in [1.29, 1.82) is 0 Å². The number of urea groups is 1. The van der Waals surface area contributed by atoms with Crippen LogP contribution in [0.4, 0.5) is 13.6 Å². The van der Waals surface area contributed by atoms with Crippen molar-refractivity contribution >= 4 is 17.4 Å². The van der Waals surface area contributed by atoms with Gasteiger partial charge in [-0.3, -0.25) is 0 Å². The Morgan fingerprint density at radius 3 is 2.95 bits per heavy atom. The maximum Gasteiger partial charge on any atom is 0.314 e. The molecule has 0 radical (unpaired) electrons. The van der Waals surface area contributed by atoms with Crippen molar-refractivity contribution in [3.8, 4) is 0 Å². The van der Waals surface area contributed by atoms with Gasteiger partial charge in [-0.2, -0.15) is 0 Å². The number of hydrogen-bond acceptors (Lipinski definition) is 3.